The Kier molecular flexibility index (Phi) is 6.32. The molecule has 0 saturated heterocycles. The maximum atomic E-state index is 11.8. The zero-order valence-electron chi connectivity index (χ0n) is 14.9. The van der Waals surface area contributed by atoms with E-state index in [0.29, 0.717) is 19.6 Å². The molecule has 1 aromatic heterocycles. The summed E-state index contributed by atoms with van der Waals surface area (Å²) < 4.78 is 5.87. The van der Waals surface area contributed by atoms with Crippen LogP contribution in [0, 0.1) is 0 Å². The number of rotatable bonds is 7. The number of halogens is 1. The van der Waals surface area contributed by atoms with Gasteiger partial charge in [0.05, 0.1) is 6.61 Å². The highest BCUT2D eigenvalue weighted by atomic mass is 79.9. The van der Waals surface area contributed by atoms with Gasteiger partial charge in [0, 0.05) is 40.1 Å². The van der Waals surface area contributed by atoms with Crippen molar-refractivity contribution in [3.05, 3.63) is 33.9 Å². The molecule has 3 N–H and O–H groups in total. The molecule has 0 aliphatic heterocycles. The van der Waals surface area contributed by atoms with Crippen LogP contribution in [0.5, 0.6) is 0 Å². The third-order valence-corrected chi connectivity index (χ3v) is 5.14. The summed E-state index contributed by atoms with van der Waals surface area (Å²) in [5.74, 6) is -0.558. The number of amides is 1. The van der Waals surface area contributed by atoms with Crippen LogP contribution in [-0.4, -0.2) is 36.6 Å². The first-order chi connectivity index (χ1) is 12.6. The van der Waals surface area contributed by atoms with Crippen LogP contribution in [-0.2, 0) is 20.7 Å². The van der Waals surface area contributed by atoms with Gasteiger partial charge in [0.15, 0.2) is 0 Å². The topological polar surface area (TPSA) is 83.2 Å². The maximum Gasteiger partial charge on any atom is 0.325 e. The summed E-state index contributed by atoms with van der Waals surface area (Å²) in [6.07, 6.45) is 3.58. The first-order valence-corrected chi connectivity index (χ1v) is 9.83. The minimum absolute atomic E-state index is 0.0723. The Hall–Kier alpha value is -1.86. The van der Waals surface area contributed by atoms with E-state index in [1.807, 2.05) is 6.07 Å². The summed E-state index contributed by atoms with van der Waals surface area (Å²) in [7, 11) is 0. The van der Waals surface area contributed by atoms with Gasteiger partial charge in [-0.2, -0.15) is 0 Å². The second kappa shape index (κ2) is 8.68. The summed E-state index contributed by atoms with van der Waals surface area (Å²) >= 11 is 3.55. The number of aromatic amines is 1. The lowest BCUT2D eigenvalue weighted by atomic mass is 9.91. The first kappa shape index (κ1) is 18.9. The Morgan fingerprint density at radius 1 is 1.38 bits per heavy atom. The van der Waals surface area contributed by atoms with Gasteiger partial charge in [-0.25, -0.2) is 0 Å². The average Bonchev–Trinajstić information content (AvgIpc) is 2.99. The van der Waals surface area contributed by atoms with Gasteiger partial charge in [0.2, 0.25) is 5.91 Å². The Balaban J connectivity index is 1.55. The van der Waals surface area contributed by atoms with E-state index >= 15 is 0 Å². The third-order valence-electron chi connectivity index (χ3n) is 4.65. The number of benzene rings is 1. The maximum absolute atomic E-state index is 11.8. The molecule has 140 valence electrons. The number of fused-ring (bicyclic) bond motifs is 3. The van der Waals surface area contributed by atoms with Gasteiger partial charge in [-0.3, -0.25) is 9.59 Å². The molecule has 0 radical (unpaired) electrons. The van der Waals surface area contributed by atoms with Crippen LogP contribution >= 0.6 is 15.9 Å². The number of aromatic nitrogens is 1. The van der Waals surface area contributed by atoms with Crippen molar-refractivity contribution in [2.24, 2.45) is 0 Å². The van der Waals surface area contributed by atoms with E-state index in [2.05, 4.69) is 43.7 Å². The molecule has 1 heterocycles. The van der Waals surface area contributed by atoms with Crippen molar-refractivity contribution in [3.8, 4) is 0 Å². The molecule has 1 amide bonds. The van der Waals surface area contributed by atoms with E-state index in [9.17, 15) is 9.59 Å². The molecule has 7 heteroatoms. The van der Waals surface area contributed by atoms with E-state index in [4.69, 9.17) is 4.74 Å². The van der Waals surface area contributed by atoms with Crippen LogP contribution < -0.4 is 10.6 Å². The van der Waals surface area contributed by atoms with Crippen LogP contribution in [0.4, 0.5) is 0 Å². The van der Waals surface area contributed by atoms with Gasteiger partial charge in [-0.05, 0) is 49.9 Å². The Labute approximate surface area is 161 Å². The van der Waals surface area contributed by atoms with Gasteiger partial charge in [0.25, 0.3) is 0 Å². The molecule has 1 aliphatic carbocycles. The van der Waals surface area contributed by atoms with Crippen LogP contribution in [0.25, 0.3) is 10.9 Å². The van der Waals surface area contributed by atoms with Gasteiger partial charge in [0.1, 0.15) is 6.54 Å². The van der Waals surface area contributed by atoms with Gasteiger partial charge in [-0.1, -0.05) is 15.9 Å². The molecule has 1 atom stereocenters. The van der Waals surface area contributed by atoms with E-state index in [0.717, 1.165) is 29.3 Å². The molecule has 0 bridgehead atoms. The molecule has 26 heavy (non-hydrogen) atoms. The smallest absolute Gasteiger partial charge is 0.325 e. The fourth-order valence-corrected chi connectivity index (χ4v) is 3.83. The van der Waals surface area contributed by atoms with Crippen molar-refractivity contribution in [1.82, 2.24) is 15.6 Å². The van der Waals surface area contributed by atoms with Crippen LogP contribution in [0.1, 0.15) is 43.5 Å². The Bertz CT molecular complexity index is 803. The molecule has 0 spiro atoms. The first-order valence-electron chi connectivity index (χ1n) is 9.04. The minimum atomic E-state index is -0.407. The normalized spacial score (nSPS) is 16.3. The van der Waals surface area contributed by atoms with Crippen molar-refractivity contribution in [1.29, 1.82) is 0 Å². The molecule has 2 aromatic rings. The largest absolute Gasteiger partial charge is 0.465 e. The highest BCUT2D eigenvalue weighted by molar-refractivity contribution is 9.10. The zero-order valence-corrected chi connectivity index (χ0v) is 16.4. The zero-order chi connectivity index (χ0) is 18.5. The van der Waals surface area contributed by atoms with Crippen LogP contribution in [0.3, 0.4) is 0 Å². The summed E-state index contributed by atoms with van der Waals surface area (Å²) in [5.41, 5.74) is 3.76. The lowest BCUT2D eigenvalue weighted by Gasteiger charge is -2.23. The van der Waals surface area contributed by atoms with Crippen molar-refractivity contribution in [3.63, 3.8) is 0 Å². The number of aryl methyl sites for hydroxylation is 1. The van der Waals surface area contributed by atoms with Crippen molar-refractivity contribution in [2.45, 2.75) is 38.6 Å². The molecule has 6 nitrogen and oxygen atoms in total. The van der Waals surface area contributed by atoms with E-state index in [1.165, 1.54) is 16.6 Å². The quantitative estimate of drug-likeness (QED) is 0.600. The van der Waals surface area contributed by atoms with Crippen molar-refractivity contribution < 1.29 is 14.3 Å². The van der Waals surface area contributed by atoms with E-state index < -0.39 is 5.97 Å². The fraction of sp³-hybridized carbons (Fsp3) is 0.474. The predicted molar refractivity (Wildman–Crippen MR) is 104 cm³/mol. The molecular formula is C19H24BrN3O3. The van der Waals surface area contributed by atoms with Gasteiger partial charge >= 0.3 is 5.97 Å². The van der Waals surface area contributed by atoms with Crippen molar-refractivity contribution in [2.75, 3.05) is 19.7 Å². The number of hydrogen-bond acceptors (Lipinski definition) is 4. The standard InChI is InChI=1S/C19H24BrN3O3/c1-2-26-18(25)11-22-17(24)8-9-21-16-5-3-4-13-14-10-12(20)6-7-15(14)23-19(13)16/h6-7,10,16,21,23H,2-5,8-9,11H2,1H3,(H,22,24). The predicted octanol–water partition coefficient (Wildman–Crippen LogP) is 2.97. The van der Waals surface area contributed by atoms with Gasteiger partial charge < -0.3 is 20.4 Å². The van der Waals surface area contributed by atoms with Gasteiger partial charge in [-0.15, -0.1) is 0 Å². The van der Waals surface area contributed by atoms with E-state index in [1.54, 1.807) is 6.92 Å². The van der Waals surface area contributed by atoms with Crippen LogP contribution in [0.2, 0.25) is 0 Å². The third kappa shape index (κ3) is 4.45. The number of carbonyl (C=O) groups excluding carboxylic acids is 2. The lowest BCUT2D eigenvalue weighted by Crippen LogP contribution is -2.34. The summed E-state index contributed by atoms with van der Waals surface area (Å²) in [6.45, 7) is 2.56. The highest BCUT2D eigenvalue weighted by Crippen LogP contribution is 2.35. The minimum Gasteiger partial charge on any atom is -0.465 e. The summed E-state index contributed by atoms with van der Waals surface area (Å²) in [4.78, 5) is 26.6. The summed E-state index contributed by atoms with van der Waals surface area (Å²) in [6, 6.07) is 6.52. The summed E-state index contributed by atoms with van der Waals surface area (Å²) in [5, 5.41) is 7.33. The molecule has 0 fully saturated rings. The Morgan fingerprint density at radius 3 is 3.04 bits per heavy atom. The second-order valence-corrected chi connectivity index (χ2v) is 7.35. The molecule has 3 rings (SSSR count). The number of ether oxygens (including phenoxy) is 1. The second-order valence-electron chi connectivity index (χ2n) is 6.44. The SMILES string of the molecule is CCOC(=O)CNC(=O)CCNC1CCCc2c1[nH]c1ccc(Br)cc21. The number of nitrogens with one attached hydrogen (secondary N) is 3. The average molecular weight is 422 g/mol. The number of hydrogen-bond donors (Lipinski definition) is 3. The number of H-pyrrole nitrogens is 1. The monoisotopic (exact) mass is 421 g/mol. The van der Waals surface area contributed by atoms with Crippen molar-refractivity contribution >= 4 is 38.7 Å². The fourth-order valence-electron chi connectivity index (χ4n) is 3.47. The molecule has 1 aliphatic rings. The lowest BCUT2D eigenvalue weighted by molar-refractivity contribution is -0.143. The molecule has 1 unspecified atom stereocenters. The van der Waals surface area contributed by atoms with E-state index in [-0.39, 0.29) is 18.5 Å². The Morgan fingerprint density at radius 2 is 2.23 bits per heavy atom. The number of carbonyl (C=O) groups is 2. The molecule has 1 aromatic carbocycles. The highest BCUT2D eigenvalue weighted by Gasteiger charge is 2.24. The van der Waals surface area contributed by atoms with Crippen LogP contribution in [0.15, 0.2) is 22.7 Å². The molecule has 0 saturated carbocycles. The number of esters is 1. The molecular weight excluding hydrogens is 398 g/mol.